The monoisotopic (exact) mass is 397 g/mol. The van der Waals surface area contributed by atoms with E-state index in [1.165, 1.54) is 9.58 Å². The van der Waals surface area contributed by atoms with Crippen LogP contribution in [-0.4, -0.2) is 45.1 Å². The van der Waals surface area contributed by atoms with Crippen molar-refractivity contribution in [1.29, 1.82) is 0 Å². The van der Waals surface area contributed by atoms with Gasteiger partial charge in [0.2, 0.25) is 5.91 Å². The maximum Gasteiger partial charge on any atom is 0.286 e. The van der Waals surface area contributed by atoms with Gasteiger partial charge in [-0.1, -0.05) is 29.5 Å². The van der Waals surface area contributed by atoms with Crippen molar-refractivity contribution in [2.24, 2.45) is 0 Å². The predicted molar refractivity (Wildman–Crippen MR) is 108 cm³/mol. The first kappa shape index (κ1) is 19.6. The molecule has 9 heteroatoms. The van der Waals surface area contributed by atoms with Gasteiger partial charge >= 0.3 is 0 Å². The number of aromatic nitrogens is 3. The number of fused-ring (bicyclic) bond motifs is 1. The zero-order valence-corrected chi connectivity index (χ0v) is 16.3. The number of hydrogen-bond donors (Lipinski definition) is 1. The number of carbonyl (C=O) groups excluding carboxylic acids is 2. The van der Waals surface area contributed by atoms with Gasteiger partial charge in [-0.05, 0) is 36.0 Å². The molecule has 0 radical (unpaired) electrons. The summed E-state index contributed by atoms with van der Waals surface area (Å²) < 4.78 is 1.18. The minimum Gasteiger partial charge on any atom is -0.339 e. The van der Waals surface area contributed by atoms with Crippen LogP contribution in [0.4, 0.5) is 10.5 Å². The molecule has 0 saturated heterocycles. The molecule has 1 heterocycles. The molecule has 0 aliphatic heterocycles. The number of rotatable bonds is 5. The van der Waals surface area contributed by atoms with Crippen LogP contribution in [0.25, 0.3) is 10.9 Å². The molecule has 28 heavy (non-hydrogen) atoms. The Morgan fingerprint density at radius 1 is 1.11 bits per heavy atom. The Balaban J connectivity index is 1.68. The quantitative estimate of drug-likeness (QED) is 0.665. The molecule has 144 valence electrons. The topological polar surface area (TPSA) is 97.2 Å². The molecular formula is C19H19N5O3S. The largest absolute Gasteiger partial charge is 0.339 e. The van der Waals surface area contributed by atoms with E-state index in [1.807, 2.05) is 0 Å². The third kappa shape index (κ3) is 4.55. The van der Waals surface area contributed by atoms with Crippen molar-refractivity contribution in [3.63, 3.8) is 0 Å². The average molecular weight is 397 g/mol. The lowest BCUT2D eigenvalue weighted by atomic mass is 10.2. The Morgan fingerprint density at radius 2 is 1.82 bits per heavy atom. The minimum absolute atomic E-state index is 0.0492. The first-order valence-electron chi connectivity index (χ1n) is 8.56. The predicted octanol–water partition coefficient (Wildman–Crippen LogP) is 2.59. The lowest BCUT2D eigenvalue weighted by molar-refractivity contribution is -0.116. The van der Waals surface area contributed by atoms with Crippen molar-refractivity contribution < 1.29 is 9.59 Å². The van der Waals surface area contributed by atoms with Crippen LogP contribution in [0.5, 0.6) is 0 Å². The second kappa shape index (κ2) is 8.66. The molecule has 8 nitrogen and oxygen atoms in total. The van der Waals surface area contributed by atoms with Crippen LogP contribution in [0.1, 0.15) is 6.42 Å². The van der Waals surface area contributed by atoms with Crippen molar-refractivity contribution in [2.45, 2.75) is 17.9 Å². The van der Waals surface area contributed by atoms with Crippen LogP contribution in [-0.2, 0) is 11.3 Å². The van der Waals surface area contributed by atoms with Gasteiger partial charge in [0, 0.05) is 25.4 Å². The summed E-state index contributed by atoms with van der Waals surface area (Å²) in [6.45, 7) is 0.106. The van der Waals surface area contributed by atoms with Crippen LogP contribution in [0.15, 0.2) is 58.2 Å². The van der Waals surface area contributed by atoms with Crippen molar-refractivity contribution in [3.05, 3.63) is 58.9 Å². The molecule has 1 N–H and O–H groups in total. The summed E-state index contributed by atoms with van der Waals surface area (Å²) in [6, 6.07) is 14.0. The number of amides is 2. The van der Waals surface area contributed by atoms with E-state index in [0.717, 1.165) is 11.8 Å². The standard InChI is InChI=1S/C19H19N5O3S/c1-23(2)19(27)28-16-10-6-5-9-15(16)20-17(25)11-12-24-18(26)13-7-3-4-8-14(13)21-22-24/h3-10H,11-12H2,1-2H3,(H,20,25). The Hall–Kier alpha value is -3.20. The fourth-order valence-corrected chi connectivity index (χ4v) is 3.18. The highest BCUT2D eigenvalue weighted by Crippen LogP contribution is 2.28. The van der Waals surface area contributed by atoms with Gasteiger partial charge in [0.1, 0.15) is 5.52 Å². The molecule has 0 saturated carbocycles. The number of aryl methyl sites for hydroxylation is 1. The molecule has 0 spiro atoms. The lowest BCUT2D eigenvalue weighted by Gasteiger charge is -2.13. The molecule has 0 unspecified atom stereocenters. The third-order valence-electron chi connectivity index (χ3n) is 3.90. The Labute approximate surface area is 165 Å². The summed E-state index contributed by atoms with van der Waals surface area (Å²) in [4.78, 5) is 38.8. The van der Waals surface area contributed by atoms with Crippen molar-refractivity contribution in [1.82, 2.24) is 19.9 Å². The van der Waals surface area contributed by atoms with Crippen LogP contribution in [0.3, 0.4) is 0 Å². The number of anilines is 1. The summed E-state index contributed by atoms with van der Waals surface area (Å²) in [6.07, 6.45) is 0.0492. The average Bonchev–Trinajstić information content (AvgIpc) is 2.69. The number of para-hydroxylation sites is 1. The van der Waals surface area contributed by atoms with E-state index in [1.54, 1.807) is 62.6 Å². The lowest BCUT2D eigenvalue weighted by Crippen LogP contribution is -2.26. The van der Waals surface area contributed by atoms with E-state index in [0.29, 0.717) is 21.5 Å². The molecule has 2 amide bonds. The zero-order valence-electron chi connectivity index (χ0n) is 15.5. The fraction of sp³-hybridized carbons (Fsp3) is 0.211. The van der Waals surface area contributed by atoms with Crippen molar-refractivity contribution >= 4 is 39.5 Å². The SMILES string of the molecule is CN(C)C(=O)Sc1ccccc1NC(=O)CCn1nnc2ccccc2c1=O. The fourth-order valence-electron chi connectivity index (χ4n) is 2.43. The molecule has 3 rings (SSSR count). The molecule has 0 fully saturated rings. The van der Waals surface area contributed by atoms with Crippen LogP contribution in [0.2, 0.25) is 0 Å². The maximum atomic E-state index is 12.4. The molecule has 3 aromatic rings. The summed E-state index contributed by atoms with van der Waals surface area (Å²) in [5, 5.41) is 11.0. The summed E-state index contributed by atoms with van der Waals surface area (Å²) in [5.74, 6) is -0.285. The van der Waals surface area contributed by atoms with Crippen molar-refractivity contribution in [2.75, 3.05) is 19.4 Å². The molecule has 0 atom stereocenters. The summed E-state index contributed by atoms with van der Waals surface area (Å²) in [7, 11) is 3.33. The number of nitrogens with zero attached hydrogens (tertiary/aromatic N) is 4. The van der Waals surface area contributed by atoms with Crippen LogP contribution in [0, 0.1) is 0 Å². The van der Waals surface area contributed by atoms with Gasteiger partial charge in [0.15, 0.2) is 0 Å². The van der Waals surface area contributed by atoms with Crippen LogP contribution >= 0.6 is 11.8 Å². The summed E-state index contributed by atoms with van der Waals surface area (Å²) in [5.41, 5.74) is 0.778. The molecule has 0 bridgehead atoms. The van der Waals surface area contributed by atoms with Crippen LogP contribution < -0.4 is 10.9 Å². The van der Waals surface area contributed by atoms with E-state index in [9.17, 15) is 14.4 Å². The normalized spacial score (nSPS) is 10.6. The number of carbonyl (C=O) groups is 2. The molecule has 1 aromatic heterocycles. The van der Waals surface area contributed by atoms with Gasteiger partial charge in [-0.25, -0.2) is 4.68 Å². The smallest absolute Gasteiger partial charge is 0.286 e. The highest BCUT2D eigenvalue weighted by atomic mass is 32.2. The number of hydrogen-bond acceptors (Lipinski definition) is 6. The highest BCUT2D eigenvalue weighted by molar-refractivity contribution is 8.13. The van der Waals surface area contributed by atoms with Gasteiger partial charge in [0.05, 0.1) is 17.6 Å². The Kier molecular flexibility index (Phi) is 6.05. The first-order valence-corrected chi connectivity index (χ1v) is 9.38. The number of benzene rings is 2. The first-order chi connectivity index (χ1) is 13.5. The van der Waals surface area contributed by atoms with E-state index < -0.39 is 0 Å². The van der Waals surface area contributed by atoms with Gasteiger partial charge in [-0.15, -0.1) is 5.10 Å². The molecule has 0 aliphatic rings. The van der Waals surface area contributed by atoms with E-state index >= 15 is 0 Å². The van der Waals surface area contributed by atoms with Gasteiger partial charge < -0.3 is 10.2 Å². The second-order valence-electron chi connectivity index (χ2n) is 6.19. The van der Waals surface area contributed by atoms with Gasteiger partial charge in [0.25, 0.3) is 10.8 Å². The molecule has 0 aliphatic carbocycles. The van der Waals surface area contributed by atoms with E-state index in [4.69, 9.17) is 0 Å². The number of thioether (sulfide) groups is 1. The minimum atomic E-state index is -0.286. The van der Waals surface area contributed by atoms with E-state index in [2.05, 4.69) is 15.6 Å². The third-order valence-corrected chi connectivity index (χ3v) is 5.02. The Morgan fingerprint density at radius 3 is 2.61 bits per heavy atom. The molecule has 2 aromatic carbocycles. The van der Waals surface area contributed by atoms with Gasteiger partial charge in [-0.2, -0.15) is 0 Å². The molecular weight excluding hydrogens is 378 g/mol. The van der Waals surface area contributed by atoms with Gasteiger partial charge in [-0.3, -0.25) is 14.4 Å². The highest BCUT2D eigenvalue weighted by Gasteiger charge is 2.13. The maximum absolute atomic E-state index is 12.4. The number of nitrogens with one attached hydrogen (secondary N) is 1. The van der Waals surface area contributed by atoms with E-state index in [-0.39, 0.29) is 29.7 Å². The summed E-state index contributed by atoms with van der Waals surface area (Å²) >= 11 is 1.03. The second-order valence-corrected chi connectivity index (χ2v) is 7.18. The zero-order chi connectivity index (χ0) is 20.1. The Bertz CT molecular complexity index is 1080. The van der Waals surface area contributed by atoms with Crippen molar-refractivity contribution in [3.8, 4) is 0 Å².